The molecule has 1 atom stereocenters. The van der Waals surface area contributed by atoms with Gasteiger partial charge in [-0.15, -0.1) is 0 Å². The lowest BCUT2D eigenvalue weighted by molar-refractivity contribution is -0.150. The molecule has 1 aliphatic rings. The number of nitrogens with one attached hydrogen (secondary N) is 1. The van der Waals surface area contributed by atoms with Crippen molar-refractivity contribution in [1.82, 2.24) is 10.2 Å². The molecule has 0 saturated carbocycles. The van der Waals surface area contributed by atoms with E-state index in [0.29, 0.717) is 13.2 Å². The summed E-state index contributed by atoms with van der Waals surface area (Å²) in [6.45, 7) is 4.77. The highest BCUT2D eigenvalue weighted by Crippen LogP contribution is 2.24. The smallest absolute Gasteiger partial charge is 0.327 e. The third-order valence-electron chi connectivity index (χ3n) is 3.74. The average Bonchev–Trinajstić information content (AvgIpc) is 2.85. The number of nitrogens with zero attached hydrogens (tertiary/aromatic N) is 1. The van der Waals surface area contributed by atoms with Gasteiger partial charge in [-0.05, 0) is 26.0 Å². The number of carbonyl (C=O) groups is 1. The summed E-state index contributed by atoms with van der Waals surface area (Å²) < 4.78 is 5.19. The van der Waals surface area contributed by atoms with E-state index in [4.69, 9.17) is 4.74 Å². The van der Waals surface area contributed by atoms with Crippen molar-refractivity contribution in [3.63, 3.8) is 0 Å². The fraction of sp³-hybridized carbons (Fsp3) is 0.533. The molecule has 1 saturated heterocycles. The van der Waals surface area contributed by atoms with Crippen molar-refractivity contribution in [3.05, 3.63) is 35.9 Å². The van der Waals surface area contributed by atoms with Crippen molar-refractivity contribution in [2.45, 2.75) is 25.4 Å². The predicted octanol–water partition coefficient (Wildman–Crippen LogP) is 1.41. The van der Waals surface area contributed by atoms with Gasteiger partial charge in [-0.25, -0.2) is 4.79 Å². The molecule has 0 amide bonds. The molecule has 4 nitrogen and oxygen atoms in total. The number of ether oxygens (including phenoxy) is 1. The van der Waals surface area contributed by atoms with Crippen molar-refractivity contribution in [2.75, 3.05) is 26.7 Å². The van der Waals surface area contributed by atoms with Crippen LogP contribution in [0, 0.1) is 0 Å². The second kappa shape index (κ2) is 6.17. The predicted molar refractivity (Wildman–Crippen MR) is 74.8 cm³/mol. The summed E-state index contributed by atoms with van der Waals surface area (Å²) in [5.41, 5.74) is 0.739. The summed E-state index contributed by atoms with van der Waals surface area (Å²) >= 11 is 0. The zero-order chi connectivity index (χ0) is 13.7. The van der Waals surface area contributed by atoms with Crippen LogP contribution in [0.4, 0.5) is 0 Å². The molecule has 1 unspecified atom stereocenters. The Kier molecular flexibility index (Phi) is 4.56. The topological polar surface area (TPSA) is 41.6 Å². The maximum absolute atomic E-state index is 12.1. The van der Waals surface area contributed by atoms with E-state index >= 15 is 0 Å². The molecular weight excluding hydrogens is 240 g/mol. The minimum atomic E-state index is -0.537. The van der Waals surface area contributed by atoms with E-state index in [9.17, 15) is 4.79 Å². The van der Waals surface area contributed by atoms with Crippen LogP contribution in [0.5, 0.6) is 0 Å². The van der Waals surface area contributed by atoms with Gasteiger partial charge in [0.2, 0.25) is 0 Å². The molecule has 104 valence electrons. The Morgan fingerprint density at radius 3 is 2.79 bits per heavy atom. The van der Waals surface area contributed by atoms with Crippen LogP contribution >= 0.6 is 0 Å². The number of carbonyl (C=O) groups excluding carboxylic acids is 1. The van der Waals surface area contributed by atoms with E-state index in [1.807, 2.05) is 32.2 Å². The molecule has 0 radical (unpaired) electrons. The van der Waals surface area contributed by atoms with Gasteiger partial charge in [0.1, 0.15) is 5.54 Å². The summed E-state index contributed by atoms with van der Waals surface area (Å²) in [5.74, 6) is -0.131. The van der Waals surface area contributed by atoms with Crippen molar-refractivity contribution in [2.24, 2.45) is 0 Å². The highest BCUT2D eigenvalue weighted by atomic mass is 16.5. The number of benzene rings is 1. The van der Waals surface area contributed by atoms with Gasteiger partial charge in [0, 0.05) is 19.6 Å². The summed E-state index contributed by atoms with van der Waals surface area (Å²) in [6.07, 6.45) is 0.801. The number of likely N-dealkylation sites (N-methyl/N-ethyl adjacent to an activating group) is 1. The Balaban J connectivity index is 1.99. The Bertz CT molecular complexity index is 421. The first kappa shape index (κ1) is 14.0. The second-order valence-electron chi connectivity index (χ2n) is 5.00. The molecule has 0 aromatic heterocycles. The first-order chi connectivity index (χ1) is 9.20. The molecule has 1 aromatic carbocycles. The number of hydrogen-bond acceptors (Lipinski definition) is 4. The van der Waals surface area contributed by atoms with Crippen molar-refractivity contribution in [1.29, 1.82) is 0 Å². The third-order valence-corrected chi connectivity index (χ3v) is 3.74. The molecule has 4 heteroatoms. The van der Waals surface area contributed by atoms with E-state index in [2.05, 4.69) is 22.3 Å². The van der Waals surface area contributed by atoms with Crippen LogP contribution in [0.15, 0.2) is 30.3 Å². The fourth-order valence-corrected chi connectivity index (χ4v) is 2.61. The van der Waals surface area contributed by atoms with Gasteiger partial charge in [-0.1, -0.05) is 30.3 Å². The molecule has 2 rings (SSSR count). The van der Waals surface area contributed by atoms with Crippen LogP contribution in [-0.2, 0) is 16.1 Å². The minimum absolute atomic E-state index is 0.131. The highest BCUT2D eigenvalue weighted by molar-refractivity contribution is 5.81. The zero-order valence-electron chi connectivity index (χ0n) is 11.7. The van der Waals surface area contributed by atoms with Gasteiger partial charge in [-0.2, -0.15) is 0 Å². The lowest BCUT2D eigenvalue weighted by Gasteiger charge is -2.26. The van der Waals surface area contributed by atoms with Gasteiger partial charge in [-0.3, -0.25) is 4.90 Å². The Hall–Kier alpha value is -1.39. The minimum Gasteiger partial charge on any atom is -0.465 e. The maximum Gasteiger partial charge on any atom is 0.327 e. The van der Waals surface area contributed by atoms with Crippen molar-refractivity contribution < 1.29 is 9.53 Å². The number of esters is 1. The molecule has 1 fully saturated rings. The van der Waals surface area contributed by atoms with E-state index in [-0.39, 0.29) is 5.97 Å². The standard InChI is InChI=1S/C15H22N2O2/c1-3-19-14(18)15(16-2)9-10-17(12-15)11-13-7-5-4-6-8-13/h4-8,16H,3,9-12H2,1-2H3. The van der Waals surface area contributed by atoms with Crippen LogP contribution in [0.1, 0.15) is 18.9 Å². The molecule has 19 heavy (non-hydrogen) atoms. The normalized spacial score (nSPS) is 23.5. The molecule has 1 aromatic rings. The average molecular weight is 262 g/mol. The quantitative estimate of drug-likeness (QED) is 0.815. The van der Waals surface area contributed by atoms with Crippen LogP contribution in [0.25, 0.3) is 0 Å². The summed E-state index contributed by atoms with van der Waals surface area (Å²) in [5, 5.41) is 3.16. The van der Waals surface area contributed by atoms with Crippen LogP contribution in [-0.4, -0.2) is 43.2 Å². The SMILES string of the molecule is CCOC(=O)C1(NC)CCN(Cc2ccccc2)C1. The van der Waals surface area contributed by atoms with Crippen LogP contribution < -0.4 is 5.32 Å². The van der Waals surface area contributed by atoms with E-state index < -0.39 is 5.54 Å². The molecule has 1 heterocycles. The Labute approximate surface area is 114 Å². The summed E-state index contributed by atoms with van der Waals surface area (Å²) in [6, 6.07) is 10.3. The first-order valence-electron chi connectivity index (χ1n) is 6.82. The lowest BCUT2D eigenvalue weighted by atomic mass is 9.99. The van der Waals surface area contributed by atoms with Gasteiger partial charge in [0.05, 0.1) is 6.61 Å². The van der Waals surface area contributed by atoms with Crippen LogP contribution in [0.2, 0.25) is 0 Å². The molecule has 1 N–H and O–H groups in total. The molecule has 0 aliphatic carbocycles. The number of hydrogen-bond donors (Lipinski definition) is 1. The van der Waals surface area contributed by atoms with Gasteiger partial charge in [0.15, 0.2) is 0 Å². The Morgan fingerprint density at radius 2 is 2.16 bits per heavy atom. The summed E-state index contributed by atoms with van der Waals surface area (Å²) in [7, 11) is 1.84. The molecule has 0 bridgehead atoms. The zero-order valence-corrected chi connectivity index (χ0v) is 11.7. The van der Waals surface area contributed by atoms with Crippen molar-refractivity contribution >= 4 is 5.97 Å². The first-order valence-corrected chi connectivity index (χ1v) is 6.82. The number of rotatable bonds is 5. The van der Waals surface area contributed by atoms with E-state index in [1.165, 1.54) is 5.56 Å². The van der Waals surface area contributed by atoms with Crippen molar-refractivity contribution in [3.8, 4) is 0 Å². The van der Waals surface area contributed by atoms with Gasteiger partial charge >= 0.3 is 5.97 Å². The number of likely N-dealkylation sites (tertiary alicyclic amines) is 1. The maximum atomic E-state index is 12.1. The highest BCUT2D eigenvalue weighted by Gasteiger charge is 2.44. The Morgan fingerprint density at radius 1 is 1.42 bits per heavy atom. The lowest BCUT2D eigenvalue weighted by Crippen LogP contribution is -2.53. The molecular formula is C15H22N2O2. The van der Waals surface area contributed by atoms with E-state index in [0.717, 1.165) is 19.5 Å². The third kappa shape index (κ3) is 3.14. The second-order valence-corrected chi connectivity index (χ2v) is 5.00. The van der Waals surface area contributed by atoms with E-state index in [1.54, 1.807) is 0 Å². The largest absolute Gasteiger partial charge is 0.465 e. The summed E-state index contributed by atoms with van der Waals surface area (Å²) in [4.78, 5) is 14.4. The fourth-order valence-electron chi connectivity index (χ4n) is 2.61. The van der Waals surface area contributed by atoms with Gasteiger partial charge < -0.3 is 10.1 Å². The monoisotopic (exact) mass is 262 g/mol. The van der Waals surface area contributed by atoms with Gasteiger partial charge in [0.25, 0.3) is 0 Å². The molecule has 0 spiro atoms. The van der Waals surface area contributed by atoms with Crippen LogP contribution in [0.3, 0.4) is 0 Å². The molecule has 1 aliphatic heterocycles.